The summed E-state index contributed by atoms with van der Waals surface area (Å²) in [6.45, 7) is -0.0211. The lowest BCUT2D eigenvalue weighted by atomic mass is 10.2. The van der Waals surface area contributed by atoms with Gasteiger partial charge in [0.2, 0.25) is 0 Å². The van der Waals surface area contributed by atoms with Crippen molar-refractivity contribution in [3.05, 3.63) is 23.2 Å². The van der Waals surface area contributed by atoms with Crippen molar-refractivity contribution < 1.29 is 24.5 Å². The number of hydrogen-bond acceptors (Lipinski definition) is 4. The molecule has 1 aromatic rings. The Kier molecular flexibility index (Phi) is 4.54. The summed E-state index contributed by atoms with van der Waals surface area (Å²) in [6, 6.07) is 3.05. The molecule has 0 unspecified atom stereocenters. The number of carboxylic acids is 1. The summed E-state index contributed by atoms with van der Waals surface area (Å²) in [6.07, 6.45) is -0.817. The van der Waals surface area contributed by atoms with E-state index in [4.69, 9.17) is 21.4 Å². The van der Waals surface area contributed by atoms with E-state index in [0.29, 0.717) is 16.5 Å². The normalized spacial score (nSPS) is 21.2. The molecule has 7 nitrogen and oxygen atoms in total. The molecule has 1 aromatic carbocycles. The Morgan fingerprint density at radius 2 is 2.19 bits per heavy atom. The van der Waals surface area contributed by atoms with Crippen LogP contribution in [0.5, 0.6) is 5.75 Å². The quantitative estimate of drug-likeness (QED) is 0.783. The second kappa shape index (κ2) is 6.19. The van der Waals surface area contributed by atoms with Gasteiger partial charge in [-0.3, -0.25) is 0 Å². The minimum atomic E-state index is -1.14. The van der Waals surface area contributed by atoms with Gasteiger partial charge in [0.25, 0.3) is 0 Å². The van der Waals surface area contributed by atoms with E-state index in [-0.39, 0.29) is 13.0 Å². The molecular weight excluding hydrogens is 300 g/mol. The fourth-order valence-electron chi connectivity index (χ4n) is 2.21. The Balaban J connectivity index is 2.10. The van der Waals surface area contributed by atoms with E-state index >= 15 is 0 Å². The highest BCUT2D eigenvalue weighted by molar-refractivity contribution is 6.32. The number of methoxy groups -OCH3 is 1. The van der Waals surface area contributed by atoms with E-state index in [1.54, 1.807) is 12.1 Å². The molecule has 0 bridgehead atoms. The summed E-state index contributed by atoms with van der Waals surface area (Å²) in [5, 5.41) is 21.5. The van der Waals surface area contributed by atoms with Crippen LogP contribution in [0.2, 0.25) is 5.02 Å². The first-order chi connectivity index (χ1) is 9.92. The minimum absolute atomic E-state index is 0.0200. The zero-order valence-electron chi connectivity index (χ0n) is 11.2. The highest BCUT2D eigenvalue weighted by atomic mass is 35.5. The van der Waals surface area contributed by atoms with Crippen LogP contribution in [-0.2, 0) is 4.79 Å². The summed E-state index contributed by atoms with van der Waals surface area (Å²) in [5.74, 6) is -0.677. The van der Waals surface area contributed by atoms with Crippen molar-refractivity contribution in [1.82, 2.24) is 4.90 Å². The number of ether oxygens (including phenoxy) is 1. The zero-order chi connectivity index (χ0) is 15.6. The van der Waals surface area contributed by atoms with Crippen LogP contribution in [0.1, 0.15) is 6.42 Å². The average Bonchev–Trinajstić information content (AvgIpc) is 2.81. The Morgan fingerprint density at radius 3 is 2.76 bits per heavy atom. The first-order valence-electron chi connectivity index (χ1n) is 6.24. The lowest BCUT2D eigenvalue weighted by Crippen LogP contribution is -2.43. The van der Waals surface area contributed by atoms with Gasteiger partial charge in [-0.15, -0.1) is 0 Å². The number of carbonyl (C=O) groups is 2. The minimum Gasteiger partial charge on any atom is -0.495 e. The number of amides is 2. The Morgan fingerprint density at radius 1 is 1.48 bits per heavy atom. The van der Waals surface area contributed by atoms with Gasteiger partial charge in [0, 0.05) is 18.7 Å². The van der Waals surface area contributed by atoms with Gasteiger partial charge in [-0.25, -0.2) is 9.59 Å². The van der Waals surface area contributed by atoms with Crippen molar-refractivity contribution in [1.29, 1.82) is 0 Å². The number of halogens is 1. The fraction of sp³-hybridized carbons (Fsp3) is 0.385. The van der Waals surface area contributed by atoms with Crippen molar-refractivity contribution in [2.45, 2.75) is 18.6 Å². The number of aliphatic hydroxyl groups excluding tert-OH is 1. The van der Waals surface area contributed by atoms with Crippen molar-refractivity contribution in [3.63, 3.8) is 0 Å². The first kappa shape index (κ1) is 15.4. The highest BCUT2D eigenvalue weighted by Gasteiger charge is 2.39. The number of aliphatic hydroxyl groups is 1. The molecule has 1 saturated heterocycles. The van der Waals surface area contributed by atoms with Gasteiger partial charge in [-0.2, -0.15) is 0 Å². The number of aliphatic carboxylic acids is 1. The summed E-state index contributed by atoms with van der Waals surface area (Å²) in [4.78, 5) is 24.3. The standard InChI is InChI=1S/C13H15ClN2O5/c1-21-11-3-2-7(4-9(11)14)15-13(20)16-6-8(17)5-10(16)12(18)19/h2-4,8,10,17H,5-6H2,1H3,(H,15,20)(H,18,19)/t8-,10-/m1/s1. The van der Waals surface area contributed by atoms with Gasteiger partial charge < -0.3 is 25.2 Å². The molecule has 1 heterocycles. The number of carboxylic acid groups (broad SMARTS) is 1. The molecule has 0 radical (unpaired) electrons. The maximum atomic E-state index is 12.1. The van der Waals surface area contributed by atoms with Gasteiger partial charge in [0.1, 0.15) is 11.8 Å². The number of hydrogen-bond donors (Lipinski definition) is 3. The maximum Gasteiger partial charge on any atom is 0.326 e. The van der Waals surface area contributed by atoms with Gasteiger partial charge in [0.15, 0.2) is 0 Å². The molecule has 0 aliphatic carbocycles. The van der Waals surface area contributed by atoms with Crippen LogP contribution < -0.4 is 10.1 Å². The van der Waals surface area contributed by atoms with Gasteiger partial charge in [-0.1, -0.05) is 11.6 Å². The number of nitrogens with zero attached hydrogens (tertiary/aromatic N) is 1. The molecule has 1 aliphatic heterocycles. The highest BCUT2D eigenvalue weighted by Crippen LogP contribution is 2.28. The first-order valence-corrected chi connectivity index (χ1v) is 6.62. The SMILES string of the molecule is COc1ccc(NC(=O)N2C[C@H](O)C[C@@H]2C(=O)O)cc1Cl. The van der Waals surface area contributed by atoms with E-state index in [0.717, 1.165) is 4.90 Å². The second-order valence-corrected chi connectivity index (χ2v) is 5.08. The third-order valence-electron chi connectivity index (χ3n) is 3.23. The molecule has 21 heavy (non-hydrogen) atoms. The van der Waals surface area contributed by atoms with E-state index in [2.05, 4.69) is 5.32 Å². The largest absolute Gasteiger partial charge is 0.495 e. The number of rotatable bonds is 3. The molecule has 1 aliphatic rings. The maximum absolute atomic E-state index is 12.1. The van der Waals surface area contributed by atoms with Crippen molar-refractivity contribution >= 4 is 29.3 Å². The molecular formula is C13H15ClN2O5. The smallest absolute Gasteiger partial charge is 0.326 e. The number of benzene rings is 1. The summed E-state index contributed by atoms with van der Waals surface area (Å²) in [7, 11) is 1.47. The van der Waals surface area contributed by atoms with Crippen LogP contribution in [0.3, 0.4) is 0 Å². The number of anilines is 1. The van der Waals surface area contributed by atoms with Gasteiger partial charge >= 0.3 is 12.0 Å². The summed E-state index contributed by atoms with van der Waals surface area (Å²) >= 11 is 5.95. The Labute approximate surface area is 126 Å². The predicted octanol–water partition coefficient (Wildman–Crippen LogP) is 1.40. The monoisotopic (exact) mass is 314 g/mol. The van der Waals surface area contributed by atoms with Crippen LogP contribution in [-0.4, -0.2) is 52.9 Å². The molecule has 2 atom stereocenters. The number of urea groups is 1. The molecule has 2 rings (SSSR count). The molecule has 0 spiro atoms. The average molecular weight is 315 g/mol. The molecule has 8 heteroatoms. The number of nitrogens with one attached hydrogen (secondary N) is 1. The van der Waals surface area contributed by atoms with Gasteiger partial charge in [0.05, 0.1) is 18.2 Å². The Hall–Kier alpha value is -1.99. The lowest BCUT2D eigenvalue weighted by molar-refractivity contribution is -0.141. The third-order valence-corrected chi connectivity index (χ3v) is 3.52. The van der Waals surface area contributed by atoms with Crippen molar-refractivity contribution in [2.75, 3.05) is 19.0 Å². The molecule has 0 aromatic heterocycles. The Bertz CT molecular complexity index is 565. The number of β-amino-alcohol motifs (C(OH)–C–C–N with tert-alkyl or cyclic N) is 1. The van der Waals surface area contributed by atoms with Crippen LogP contribution in [0, 0.1) is 0 Å². The number of likely N-dealkylation sites (tertiary alicyclic amines) is 1. The van der Waals surface area contributed by atoms with Crippen LogP contribution in [0.15, 0.2) is 18.2 Å². The summed E-state index contributed by atoms with van der Waals surface area (Å²) in [5.41, 5.74) is 0.413. The van der Waals surface area contributed by atoms with Crippen LogP contribution in [0.25, 0.3) is 0 Å². The van der Waals surface area contributed by atoms with Crippen LogP contribution in [0.4, 0.5) is 10.5 Å². The predicted molar refractivity (Wildman–Crippen MR) is 75.8 cm³/mol. The van der Waals surface area contributed by atoms with Crippen molar-refractivity contribution in [2.24, 2.45) is 0 Å². The van der Waals surface area contributed by atoms with Crippen LogP contribution >= 0.6 is 11.6 Å². The second-order valence-electron chi connectivity index (χ2n) is 4.68. The van der Waals surface area contributed by atoms with E-state index in [1.807, 2.05) is 0 Å². The van der Waals surface area contributed by atoms with Crippen molar-refractivity contribution in [3.8, 4) is 5.75 Å². The lowest BCUT2D eigenvalue weighted by Gasteiger charge is -2.21. The molecule has 2 amide bonds. The molecule has 1 fully saturated rings. The molecule has 0 saturated carbocycles. The topological polar surface area (TPSA) is 99.1 Å². The number of carbonyl (C=O) groups excluding carboxylic acids is 1. The third kappa shape index (κ3) is 3.37. The van der Waals surface area contributed by atoms with Gasteiger partial charge in [-0.05, 0) is 18.2 Å². The van der Waals surface area contributed by atoms with E-state index in [1.165, 1.54) is 13.2 Å². The molecule has 114 valence electrons. The zero-order valence-corrected chi connectivity index (χ0v) is 12.0. The van der Waals surface area contributed by atoms with E-state index in [9.17, 15) is 14.7 Å². The van der Waals surface area contributed by atoms with E-state index < -0.39 is 24.1 Å². The summed E-state index contributed by atoms with van der Waals surface area (Å²) < 4.78 is 5.00. The molecule has 3 N–H and O–H groups in total. The fourth-order valence-corrected chi connectivity index (χ4v) is 2.47.